The smallest absolute Gasteiger partial charge is 0.255 e. The Morgan fingerprint density at radius 3 is 2.52 bits per heavy atom. The number of anilines is 2. The van der Waals surface area contributed by atoms with E-state index in [0.717, 1.165) is 11.3 Å². The number of para-hydroxylation sites is 3. The van der Waals surface area contributed by atoms with Crippen LogP contribution in [0.3, 0.4) is 0 Å². The third kappa shape index (κ3) is 5.48. The van der Waals surface area contributed by atoms with Gasteiger partial charge >= 0.3 is 0 Å². The molecule has 6 heteroatoms. The lowest BCUT2D eigenvalue weighted by atomic mass is 10.2. The first-order chi connectivity index (χ1) is 14.1. The van der Waals surface area contributed by atoms with Gasteiger partial charge in [0, 0.05) is 23.9 Å². The Bertz CT molecular complexity index is 973. The molecule has 6 nitrogen and oxygen atoms in total. The van der Waals surface area contributed by atoms with Crippen LogP contribution in [0.1, 0.15) is 29.8 Å². The zero-order chi connectivity index (χ0) is 20.6. The molecule has 0 spiro atoms. The Balaban J connectivity index is 1.70. The number of aromatic nitrogens is 1. The first kappa shape index (κ1) is 20.2. The summed E-state index contributed by atoms with van der Waals surface area (Å²) < 4.78 is 11.1. The summed E-state index contributed by atoms with van der Waals surface area (Å²) in [5.74, 6) is 1.82. The van der Waals surface area contributed by atoms with Gasteiger partial charge < -0.3 is 20.1 Å². The SMILES string of the molecule is COc1ccccc1CNc1cc(C(=O)Nc2ccccc2OC(C)C)ccn1. The zero-order valence-corrected chi connectivity index (χ0v) is 16.8. The molecule has 0 aliphatic rings. The van der Waals surface area contributed by atoms with Gasteiger partial charge in [-0.3, -0.25) is 4.79 Å². The Labute approximate surface area is 170 Å². The molecule has 3 aromatic rings. The standard InChI is InChI=1S/C23H25N3O3/c1-16(2)29-21-11-7-5-9-19(21)26-23(27)17-12-13-24-22(14-17)25-15-18-8-4-6-10-20(18)28-3/h4-14,16H,15H2,1-3H3,(H,24,25)(H,26,27). The number of hydrogen-bond donors (Lipinski definition) is 2. The number of hydrogen-bond acceptors (Lipinski definition) is 5. The molecule has 0 atom stereocenters. The van der Waals surface area contributed by atoms with Crippen molar-refractivity contribution in [1.29, 1.82) is 0 Å². The van der Waals surface area contributed by atoms with Crippen molar-refractivity contribution in [2.24, 2.45) is 0 Å². The van der Waals surface area contributed by atoms with Crippen LogP contribution in [-0.4, -0.2) is 24.1 Å². The highest BCUT2D eigenvalue weighted by Gasteiger charge is 2.12. The van der Waals surface area contributed by atoms with Crippen LogP contribution in [0, 0.1) is 0 Å². The van der Waals surface area contributed by atoms with Crippen LogP contribution >= 0.6 is 0 Å². The largest absolute Gasteiger partial charge is 0.496 e. The molecule has 29 heavy (non-hydrogen) atoms. The summed E-state index contributed by atoms with van der Waals surface area (Å²) in [7, 11) is 1.64. The van der Waals surface area contributed by atoms with E-state index in [1.54, 1.807) is 25.4 Å². The summed E-state index contributed by atoms with van der Waals surface area (Å²) in [6.07, 6.45) is 1.62. The van der Waals surface area contributed by atoms with E-state index in [2.05, 4.69) is 15.6 Å². The van der Waals surface area contributed by atoms with Crippen molar-refractivity contribution in [3.63, 3.8) is 0 Å². The molecule has 0 unspecified atom stereocenters. The molecule has 2 aromatic carbocycles. The van der Waals surface area contributed by atoms with Crippen molar-refractivity contribution in [3.05, 3.63) is 78.0 Å². The minimum atomic E-state index is -0.229. The number of carbonyl (C=O) groups excluding carboxylic acids is 1. The lowest BCUT2D eigenvalue weighted by Gasteiger charge is -2.15. The van der Waals surface area contributed by atoms with Crippen LogP contribution in [0.15, 0.2) is 66.9 Å². The minimum Gasteiger partial charge on any atom is -0.496 e. The lowest BCUT2D eigenvalue weighted by molar-refractivity contribution is 0.102. The van der Waals surface area contributed by atoms with E-state index in [4.69, 9.17) is 9.47 Å². The van der Waals surface area contributed by atoms with Gasteiger partial charge in [-0.05, 0) is 44.2 Å². The molecule has 150 valence electrons. The fraction of sp³-hybridized carbons (Fsp3) is 0.217. The molecule has 1 heterocycles. The first-order valence-electron chi connectivity index (χ1n) is 9.45. The Kier molecular flexibility index (Phi) is 6.68. The van der Waals surface area contributed by atoms with Crippen molar-refractivity contribution in [3.8, 4) is 11.5 Å². The fourth-order valence-electron chi connectivity index (χ4n) is 2.82. The molecule has 3 rings (SSSR count). The van der Waals surface area contributed by atoms with Gasteiger partial charge in [0.1, 0.15) is 17.3 Å². The molecule has 0 fully saturated rings. The maximum Gasteiger partial charge on any atom is 0.255 e. The van der Waals surface area contributed by atoms with Crippen LogP contribution < -0.4 is 20.1 Å². The highest BCUT2D eigenvalue weighted by Crippen LogP contribution is 2.25. The molecule has 0 bridgehead atoms. The molecular weight excluding hydrogens is 366 g/mol. The third-order valence-electron chi connectivity index (χ3n) is 4.17. The second-order valence-electron chi connectivity index (χ2n) is 6.71. The predicted molar refractivity (Wildman–Crippen MR) is 115 cm³/mol. The monoisotopic (exact) mass is 391 g/mol. The summed E-state index contributed by atoms with van der Waals surface area (Å²) in [6, 6.07) is 18.5. The van der Waals surface area contributed by atoms with E-state index in [-0.39, 0.29) is 12.0 Å². The van der Waals surface area contributed by atoms with E-state index in [1.807, 2.05) is 62.4 Å². The molecule has 0 saturated heterocycles. The number of rotatable bonds is 8. The number of carbonyl (C=O) groups is 1. The summed E-state index contributed by atoms with van der Waals surface area (Å²) in [4.78, 5) is 17.0. The maximum absolute atomic E-state index is 12.7. The number of nitrogens with zero attached hydrogens (tertiary/aromatic N) is 1. The molecule has 1 amide bonds. The maximum atomic E-state index is 12.7. The van der Waals surface area contributed by atoms with E-state index in [0.29, 0.717) is 29.4 Å². The van der Waals surface area contributed by atoms with Crippen molar-refractivity contribution in [2.75, 3.05) is 17.7 Å². The summed E-state index contributed by atoms with van der Waals surface area (Å²) in [6.45, 7) is 4.43. The summed E-state index contributed by atoms with van der Waals surface area (Å²) in [5, 5.41) is 6.15. The first-order valence-corrected chi connectivity index (χ1v) is 9.45. The van der Waals surface area contributed by atoms with E-state index >= 15 is 0 Å². The van der Waals surface area contributed by atoms with Gasteiger partial charge in [-0.25, -0.2) is 4.98 Å². The highest BCUT2D eigenvalue weighted by atomic mass is 16.5. The predicted octanol–water partition coefficient (Wildman–Crippen LogP) is 4.74. The number of amides is 1. The molecule has 2 N–H and O–H groups in total. The molecule has 0 saturated carbocycles. The van der Waals surface area contributed by atoms with Gasteiger partial charge in [0.15, 0.2) is 0 Å². The molecule has 0 aliphatic carbocycles. The second-order valence-corrected chi connectivity index (χ2v) is 6.71. The molecular formula is C23H25N3O3. The van der Waals surface area contributed by atoms with Gasteiger partial charge in [-0.2, -0.15) is 0 Å². The normalized spacial score (nSPS) is 10.5. The number of pyridine rings is 1. The third-order valence-corrected chi connectivity index (χ3v) is 4.17. The van der Waals surface area contributed by atoms with E-state index < -0.39 is 0 Å². The minimum absolute atomic E-state index is 0.0137. The molecule has 0 aliphatic heterocycles. The average Bonchev–Trinajstić information content (AvgIpc) is 2.73. The Morgan fingerprint density at radius 1 is 1.03 bits per heavy atom. The van der Waals surface area contributed by atoms with Crippen molar-refractivity contribution in [2.45, 2.75) is 26.5 Å². The number of nitrogens with one attached hydrogen (secondary N) is 2. The van der Waals surface area contributed by atoms with Gasteiger partial charge in [0.25, 0.3) is 5.91 Å². The second kappa shape index (κ2) is 9.59. The number of benzene rings is 2. The van der Waals surface area contributed by atoms with Crippen LogP contribution in [0.2, 0.25) is 0 Å². The summed E-state index contributed by atoms with van der Waals surface area (Å²) in [5.41, 5.74) is 2.14. The highest BCUT2D eigenvalue weighted by molar-refractivity contribution is 6.05. The van der Waals surface area contributed by atoms with Crippen LogP contribution in [0.25, 0.3) is 0 Å². The van der Waals surface area contributed by atoms with Gasteiger partial charge in [-0.15, -0.1) is 0 Å². The quantitative estimate of drug-likeness (QED) is 0.580. The summed E-state index contributed by atoms with van der Waals surface area (Å²) >= 11 is 0. The van der Waals surface area contributed by atoms with Gasteiger partial charge in [-0.1, -0.05) is 30.3 Å². The van der Waals surface area contributed by atoms with E-state index in [1.165, 1.54) is 0 Å². The van der Waals surface area contributed by atoms with Gasteiger partial charge in [0.05, 0.1) is 18.9 Å². The van der Waals surface area contributed by atoms with Crippen molar-refractivity contribution in [1.82, 2.24) is 4.98 Å². The van der Waals surface area contributed by atoms with Crippen LogP contribution in [0.5, 0.6) is 11.5 Å². The van der Waals surface area contributed by atoms with Crippen LogP contribution in [0.4, 0.5) is 11.5 Å². The van der Waals surface area contributed by atoms with E-state index in [9.17, 15) is 4.79 Å². The van der Waals surface area contributed by atoms with Crippen molar-refractivity contribution < 1.29 is 14.3 Å². The Hall–Kier alpha value is -3.54. The zero-order valence-electron chi connectivity index (χ0n) is 16.8. The number of ether oxygens (including phenoxy) is 2. The fourth-order valence-corrected chi connectivity index (χ4v) is 2.82. The average molecular weight is 391 g/mol. The van der Waals surface area contributed by atoms with Crippen LogP contribution in [-0.2, 0) is 6.54 Å². The number of methoxy groups -OCH3 is 1. The Morgan fingerprint density at radius 2 is 1.76 bits per heavy atom. The van der Waals surface area contributed by atoms with Gasteiger partial charge in [0.2, 0.25) is 0 Å². The topological polar surface area (TPSA) is 72.5 Å². The van der Waals surface area contributed by atoms with Crippen molar-refractivity contribution >= 4 is 17.4 Å². The molecule has 1 aromatic heterocycles. The molecule has 0 radical (unpaired) electrons. The lowest BCUT2D eigenvalue weighted by Crippen LogP contribution is -2.15.